The van der Waals surface area contributed by atoms with Crippen molar-refractivity contribution in [2.24, 2.45) is 5.92 Å². The zero-order chi connectivity index (χ0) is 19.1. The first-order valence-corrected chi connectivity index (χ1v) is 9.50. The molecule has 0 saturated carbocycles. The van der Waals surface area contributed by atoms with Crippen LogP contribution in [0, 0.1) is 11.7 Å². The van der Waals surface area contributed by atoms with Gasteiger partial charge in [-0.1, -0.05) is 29.8 Å². The fourth-order valence-corrected chi connectivity index (χ4v) is 2.94. The van der Waals surface area contributed by atoms with Crippen LogP contribution in [0.15, 0.2) is 28.7 Å². The summed E-state index contributed by atoms with van der Waals surface area (Å²) in [6.07, 6.45) is 3.20. The van der Waals surface area contributed by atoms with Gasteiger partial charge in [0.05, 0.1) is 6.61 Å². The first-order chi connectivity index (χ1) is 12.4. The second-order valence-corrected chi connectivity index (χ2v) is 7.55. The van der Waals surface area contributed by atoms with E-state index in [1.807, 2.05) is 13.8 Å². The third-order valence-corrected chi connectivity index (χ3v) is 4.46. The van der Waals surface area contributed by atoms with E-state index in [1.54, 1.807) is 21.9 Å². The van der Waals surface area contributed by atoms with Crippen LogP contribution >= 0.6 is 15.9 Å². The Morgan fingerprint density at radius 2 is 1.92 bits per heavy atom. The van der Waals surface area contributed by atoms with Crippen molar-refractivity contribution in [2.45, 2.75) is 20.3 Å². The Balaban J connectivity index is 1.91. The van der Waals surface area contributed by atoms with Crippen LogP contribution in [-0.2, 0) is 9.53 Å². The number of hydrogen-bond acceptors (Lipinski definition) is 3. The summed E-state index contributed by atoms with van der Waals surface area (Å²) >= 11 is 3.29. The third kappa shape index (κ3) is 6.12. The molecule has 0 atom stereocenters. The van der Waals surface area contributed by atoms with Crippen LogP contribution in [0.5, 0.6) is 0 Å². The highest BCUT2D eigenvalue weighted by Gasteiger charge is 2.22. The van der Waals surface area contributed by atoms with Crippen molar-refractivity contribution in [3.63, 3.8) is 0 Å². The van der Waals surface area contributed by atoms with Gasteiger partial charge >= 0.3 is 6.09 Å². The van der Waals surface area contributed by atoms with E-state index in [0.29, 0.717) is 44.8 Å². The maximum Gasteiger partial charge on any atom is 0.409 e. The Morgan fingerprint density at radius 3 is 2.65 bits per heavy atom. The monoisotopic (exact) mass is 426 g/mol. The zero-order valence-electron chi connectivity index (χ0n) is 15.1. The van der Waals surface area contributed by atoms with E-state index in [2.05, 4.69) is 15.9 Å². The molecule has 1 aromatic rings. The molecular weight excluding hydrogens is 403 g/mol. The van der Waals surface area contributed by atoms with Crippen LogP contribution in [-0.4, -0.2) is 54.6 Å². The molecule has 0 radical (unpaired) electrons. The molecule has 2 rings (SSSR count). The van der Waals surface area contributed by atoms with Crippen LogP contribution in [0.4, 0.5) is 9.18 Å². The van der Waals surface area contributed by atoms with Gasteiger partial charge in [-0.3, -0.25) is 4.79 Å². The van der Waals surface area contributed by atoms with E-state index in [1.165, 1.54) is 18.2 Å². The molecular formula is C19H24BrFN2O3. The minimum absolute atomic E-state index is 0.193. The number of ether oxygens (including phenoxy) is 1. The van der Waals surface area contributed by atoms with Crippen molar-refractivity contribution in [1.82, 2.24) is 9.80 Å². The molecule has 1 fully saturated rings. The number of nitrogens with zero attached hydrogens (tertiary/aromatic N) is 2. The summed E-state index contributed by atoms with van der Waals surface area (Å²) in [4.78, 5) is 27.7. The van der Waals surface area contributed by atoms with Gasteiger partial charge in [0.15, 0.2) is 0 Å². The highest BCUT2D eigenvalue weighted by Crippen LogP contribution is 2.17. The fraction of sp³-hybridized carbons (Fsp3) is 0.474. The second kappa shape index (κ2) is 9.71. The van der Waals surface area contributed by atoms with Gasteiger partial charge in [-0.25, -0.2) is 9.18 Å². The number of carbonyl (C=O) groups excluding carboxylic acids is 2. The van der Waals surface area contributed by atoms with Crippen LogP contribution < -0.4 is 0 Å². The molecule has 0 bridgehead atoms. The Hall–Kier alpha value is -1.89. The number of carbonyl (C=O) groups is 2. The molecule has 7 heteroatoms. The SMILES string of the molecule is CC(C)COC(=O)N1CCCN(C(=O)/C=C/c2cc(Br)ccc2F)CC1. The van der Waals surface area contributed by atoms with E-state index in [-0.39, 0.29) is 23.7 Å². The topological polar surface area (TPSA) is 49.9 Å². The van der Waals surface area contributed by atoms with Crippen molar-refractivity contribution in [3.8, 4) is 0 Å². The molecule has 142 valence electrons. The zero-order valence-corrected chi connectivity index (χ0v) is 16.7. The molecule has 1 saturated heterocycles. The number of hydrogen-bond donors (Lipinski definition) is 0. The standard InChI is InChI=1S/C19H24BrFN2O3/c1-14(2)13-26-19(25)23-9-3-8-22(10-11-23)18(24)7-4-15-12-16(20)5-6-17(15)21/h4-7,12,14H,3,8-11,13H2,1-2H3/b7-4+. The second-order valence-electron chi connectivity index (χ2n) is 6.64. The van der Waals surface area contributed by atoms with Gasteiger partial charge in [0.2, 0.25) is 5.91 Å². The minimum atomic E-state index is -0.382. The highest BCUT2D eigenvalue weighted by atomic mass is 79.9. The molecule has 1 aliphatic heterocycles. The summed E-state index contributed by atoms with van der Waals surface area (Å²) in [5.74, 6) is -0.290. The lowest BCUT2D eigenvalue weighted by molar-refractivity contribution is -0.125. The molecule has 1 aromatic carbocycles. The van der Waals surface area contributed by atoms with Crippen molar-refractivity contribution < 1.29 is 18.7 Å². The summed E-state index contributed by atoms with van der Waals surface area (Å²) in [7, 11) is 0. The quantitative estimate of drug-likeness (QED) is 0.685. The molecule has 0 unspecified atom stereocenters. The van der Waals surface area contributed by atoms with Crippen LogP contribution in [0.3, 0.4) is 0 Å². The molecule has 0 aromatic heterocycles. The molecule has 5 nitrogen and oxygen atoms in total. The summed E-state index contributed by atoms with van der Waals surface area (Å²) < 4.78 is 19.7. The largest absolute Gasteiger partial charge is 0.449 e. The summed E-state index contributed by atoms with van der Waals surface area (Å²) in [5.41, 5.74) is 0.349. The first-order valence-electron chi connectivity index (χ1n) is 8.70. The summed E-state index contributed by atoms with van der Waals surface area (Å²) in [6, 6.07) is 4.57. The average Bonchev–Trinajstić information content (AvgIpc) is 2.86. The number of amides is 2. The molecule has 1 aliphatic rings. The Morgan fingerprint density at radius 1 is 1.23 bits per heavy atom. The van der Waals surface area contributed by atoms with Crippen LogP contribution in [0.25, 0.3) is 6.08 Å². The van der Waals surface area contributed by atoms with E-state index in [0.717, 1.165) is 4.47 Å². The van der Waals surface area contributed by atoms with Crippen LogP contribution in [0.1, 0.15) is 25.8 Å². The Bertz CT molecular complexity index is 679. The molecule has 26 heavy (non-hydrogen) atoms. The lowest BCUT2D eigenvalue weighted by Gasteiger charge is -2.21. The van der Waals surface area contributed by atoms with Crippen molar-refractivity contribution in [2.75, 3.05) is 32.8 Å². The van der Waals surface area contributed by atoms with Crippen molar-refractivity contribution >= 4 is 34.0 Å². The summed E-state index contributed by atoms with van der Waals surface area (Å²) in [6.45, 7) is 6.33. The van der Waals surface area contributed by atoms with Gasteiger partial charge in [-0.15, -0.1) is 0 Å². The minimum Gasteiger partial charge on any atom is -0.449 e. The lowest BCUT2D eigenvalue weighted by Crippen LogP contribution is -2.37. The smallest absolute Gasteiger partial charge is 0.409 e. The van der Waals surface area contributed by atoms with Crippen molar-refractivity contribution in [1.29, 1.82) is 0 Å². The molecule has 2 amide bonds. The van der Waals surface area contributed by atoms with E-state index >= 15 is 0 Å². The number of halogens is 2. The van der Waals surface area contributed by atoms with Gasteiger partial charge in [-0.2, -0.15) is 0 Å². The summed E-state index contributed by atoms with van der Waals surface area (Å²) in [5, 5.41) is 0. The van der Waals surface area contributed by atoms with Gasteiger partial charge in [0.25, 0.3) is 0 Å². The van der Waals surface area contributed by atoms with E-state index in [4.69, 9.17) is 4.74 Å². The number of rotatable bonds is 4. The van der Waals surface area contributed by atoms with Gasteiger partial charge in [0.1, 0.15) is 5.82 Å². The van der Waals surface area contributed by atoms with E-state index < -0.39 is 0 Å². The number of benzene rings is 1. The molecule has 0 aliphatic carbocycles. The average molecular weight is 427 g/mol. The van der Waals surface area contributed by atoms with Crippen molar-refractivity contribution in [3.05, 3.63) is 40.1 Å². The lowest BCUT2D eigenvalue weighted by atomic mass is 10.2. The third-order valence-electron chi connectivity index (χ3n) is 3.97. The normalized spacial score (nSPS) is 15.4. The molecule has 0 N–H and O–H groups in total. The maximum atomic E-state index is 13.7. The molecule has 0 spiro atoms. The van der Waals surface area contributed by atoms with E-state index in [9.17, 15) is 14.0 Å². The fourth-order valence-electron chi connectivity index (χ4n) is 2.56. The van der Waals surface area contributed by atoms with Crippen LogP contribution in [0.2, 0.25) is 0 Å². The highest BCUT2D eigenvalue weighted by molar-refractivity contribution is 9.10. The maximum absolute atomic E-state index is 13.7. The molecule has 1 heterocycles. The first kappa shape index (κ1) is 20.4. The van der Waals surface area contributed by atoms with Gasteiger partial charge in [0, 0.05) is 42.3 Å². The Kier molecular flexibility index (Phi) is 7.63. The van der Waals surface area contributed by atoms with Gasteiger partial charge < -0.3 is 14.5 Å². The van der Waals surface area contributed by atoms with Gasteiger partial charge in [-0.05, 0) is 36.6 Å². The predicted molar refractivity (Wildman–Crippen MR) is 102 cm³/mol. The predicted octanol–water partition coefficient (Wildman–Crippen LogP) is 3.93. The Labute approximate surface area is 161 Å².